The van der Waals surface area contributed by atoms with Gasteiger partial charge in [-0.2, -0.15) is 5.10 Å². The lowest BCUT2D eigenvalue weighted by Gasteiger charge is -2.36. The molecule has 0 saturated carbocycles. The van der Waals surface area contributed by atoms with E-state index in [-0.39, 0.29) is 12.1 Å². The molecule has 1 fully saturated rings. The third-order valence-electron chi connectivity index (χ3n) is 4.01. The minimum Gasteiger partial charge on any atom is -0.394 e. The van der Waals surface area contributed by atoms with E-state index in [0.717, 1.165) is 35.1 Å². The second kappa shape index (κ2) is 5.34. The maximum absolute atomic E-state index is 9.76. The Morgan fingerprint density at radius 2 is 1.90 bits per heavy atom. The summed E-state index contributed by atoms with van der Waals surface area (Å²) < 4.78 is 5.38. The number of nitrogens with one attached hydrogen (secondary N) is 1. The number of benzene rings is 1. The quantitative estimate of drug-likeness (QED) is 0.894. The van der Waals surface area contributed by atoms with Gasteiger partial charge in [0, 0.05) is 24.0 Å². The van der Waals surface area contributed by atoms with Crippen LogP contribution in [0.3, 0.4) is 0 Å². The van der Waals surface area contributed by atoms with E-state index in [1.165, 1.54) is 0 Å². The molecular formula is C15H19N3O2. The molecule has 2 aromatic rings. The Hall–Kier alpha value is -1.72. The monoisotopic (exact) mass is 273 g/mol. The summed E-state index contributed by atoms with van der Waals surface area (Å²) in [7, 11) is 0. The molecule has 0 spiro atoms. The van der Waals surface area contributed by atoms with Crippen LogP contribution >= 0.6 is 0 Å². The van der Waals surface area contributed by atoms with Crippen molar-refractivity contribution in [3.05, 3.63) is 30.0 Å². The van der Waals surface area contributed by atoms with E-state index in [4.69, 9.17) is 4.74 Å². The first-order chi connectivity index (χ1) is 9.74. The van der Waals surface area contributed by atoms with Gasteiger partial charge >= 0.3 is 0 Å². The molecule has 0 radical (unpaired) electrons. The lowest BCUT2D eigenvalue weighted by Crippen LogP contribution is -2.47. The van der Waals surface area contributed by atoms with Gasteiger partial charge in [0.15, 0.2) is 5.82 Å². The average molecular weight is 273 g/mol. The average Bonchev–Trinajstić information content (AvgIpc) is 2.51. The molecule has 1 aromatic carbocycles. The summed E-state index contributed by atoms with van der Waals surface area (Å²) in [6.45, 7) is 3.34. The third kappa shape index (κ3) is 2.34. The number of aliphatic hydroxyl groups is 1. The van der Waals surface area contributed by atoms with Gasteiger partial charge in [-0.3, -0.25) is 0 Å². The van der Waals surface area contributed by atoms with Crippen LogP contribution in [0.25, 0.3) is 10.8 Å². The number of aromatic nitrogens is 2. The molecule has 5 nitrogen and oxygen atoms in total. The normalized spacial score (nSPS) is 18.1. The minimum atomic E-state index is -0.356. The first-order valence-electron chi connectivity index (χ1n) is 6.93. The summed E-state index contributed by atoms with van der Waals surface area (Å²) in [5, 5.41) is 23.8. The standard InChI is InChI=1S/C15H19N3O2/c1-11-12-4-2-3-5-13(12)14(18-17-11)16-15(10-19)6-8-20-9-7-15/h2-5,19H,6-10H2,1H3,(H,16,18). The van der Waals surface area contributed by atoms with E-state index in [0.29, 0.717) is 13.2 Å². The largest absolute Gasteiger partial charge is 0.394 e. The van der Waals surface area contributed by atoms with Crippen molar-refractivity contribution in [3.8, 4) is 0 Å². The van der Waals surface area contributed by atoms with Gasteiger partial charge in [0.1, 0.15) is 0 Å². The maximum Gasteiger partial charge on any atom is 0.157 e. The number of anilines is 1. The highest BCUT2D eigenvalue weighted by Crippen LogP contribution is 2.29. The van der Waals surface area contributed by atoms with Gasteiger partial charge in [0.05, 0.1) is 17.8 Å². The Morgan fingerprint density at radius 1 is 1.20 bits per heavy atom. The van der Waals surface area contributed by atoms with Crippen molar-refractivity contribution >= 4 is 16.6 Å². The minimum absolute atomic E-state index is 0.0697. The van der Waals surface area contributed by atoms with E-state index < -0.39 is 0 Å². The third-order valence-corrected chi connectivity index (χ3v) is 4.01. The zero-order valence-electron chi connectivity index (χ0n) is 11.6. The molecule has 1 aromatic heterocycles. The molecule has 0 atom stereocenters. The van der Waals surface area contributed by atoms with Crippen LogP contribution in [0.2, 0.25) is 0 Å². The Bertz CT molecular complexity index is 609. The molecule has 106 valence electrons. The first-order valence-corrected chi connectivity index (χ1v) is 6.93. The van der Waals surface area contributed by atoms with Crippen LogP contribution in [0.15, 0.2) is 24.3 Å². The van der Waals surface area contributed by atoms with Crippen LogP contribution in [0.4, 0.5) is 5.82 Å². The summed E-state index contributed by atoms with van der Waals surface area (Å²) in [4.78, 5) is 0. The fourth-order valence-corrected chi connectivity index (χ4v) is 2.67. The van der Waals surface area contributed by atoms with Crippen molar-refractivity contribution in [2.24, 2.45) is 0 Å². The Kier molecular flexibility index (Phi) is 3.54. The predicted molar refractivity (Wildman–Crippen MR) is 77.8 cm³/mol. The molecule has 20 heavy (non-hydrogen) atoms. The Balaban J connectivity index is 2.00. The van der Waals surface area contributed by atoms with Crippen molar-refractivity contribution < 1.29 is 9.84 Å². The van der Waals surface area contributed by atoms with Crippen LogP contribution < -0.4 is 5.32 Å². The second-order valence-electron chi connectivity index (χ2n) is 5.36. The number of aryl methyl sites for hydroxylation is 1. The molecule has 0 unspecified atom stereocenters. The molecule has 1 aliphatic heterocycles. The number of hydrogen-bond donors (Lipinski definition) is 2. The maximum atomic E-state index is 9.76. The van der Waals surface area contributed by atoms with Crippen molar-refractivity contribution in [1.29, 1.82) is 0 Å². The van der Waals surface area contributed by atoms with E-state index in [1.54, 1.807) is 0 Å². The zero-order chi connectivity index (χ0) is 14.0. The molecule has 1 saturated heterocycles. The number of nitrogens with zero attached hydrogens (tertiary/aromatic N) is 2. The highest BCUT2D eigenvalue weighted by atomic mass is 16.5. The molecular weight excluding hydrogens is 254 g/mol. The van der Waals surface area contributed by atoms with Crippen molar-refractivity contribution in [1.82, 2.24) is 10.2 Å². The lowest BCUT2D eigenvalue weighted by molar-refractivity contribution is 0.0379. The molecule has 0 bridgehead atoms. The second-order valence-corrected chi connectivity index (χ2v) is 5.36. The van der Waals surface area contributed by atoms with Gasteiger partial charge < -0.3 is 15.2 Å². The number of aliphatic hydroxyl groups excluding tert-OH is 1. The lowest BCUT2D eigenvalue weighted by atomic mass is 9.91. The predicted octanol–water partition coefficient (Wildman–Crippen LogP) is 1.89. The van der Waals surface area contributed by atoms with Gasteiger partial charge in [0.2, 0.25) is 0 Å². The van der Waals surface area contributed by atoms with E-state index in [9.17, 15) is 5.11 Å². The van der Waals surface area contributed by atoms with Gasteiger partial charge in [-0.1, -0.05) is 24.3 Å². The van der Waals surface area contributed by atoms with Gasteiger partial charge in [-0.15, -0.1) is 5.10 Å². The first kappa shape index (κ1) is 13.3. The molecule has 2 N–H and O–H groups in total. The zero-order valence-corrected chi connectivity index (χ0v) is 11.6. The fraction of sp³-hybridized carbons (Fsp3) is 0.467. The fourth-order valence-electron chi connectivity index (χ4n) is 2.67. The van der Waals surface area contributed by atoms with Gasteiger partial charge in [-0.25, -0.2) is 0 Å². The molecule has 3 rings (SSSR count). The highest BCUT2D eigenvalue weighted by molar-refractivity contribution is 5.93. The van der Waals surface area contributed by atoms with Crippen molar-refractivity contribution in [2.75, 3.05) is 25.1 Å². The summed E-state index contributed by atoms with van der Waals surface area (Å²) in [5.74, 6) is 0.738. The topological polar surface area (TPSA) is 67.3 Å². The number of ether oxygens (including phenoxy) is 1. The van der Waals surface area contributed by atoms with Crippen molar-refractivity contribution in [3.63, 3.8) is 0 Å². The summed E-state index contributed by atoms with van der Waals surface area (Å²) in [6.07, 6.45) is 1.54. The summed E-state index contributed by atoms with van der Waals surface area (Å²) in [6, 6.07) is 8.06. The number of rotatable bonds is 3. The smallest absolute Gasteiger partial charge is 0.157 e. The van der Waals surface area contributed by atoms with Crippen LogP contribution in [0.1, 0.15) is 18.5 Å². The number of fused-ring (bicyclic) bond motifs is 1. The van der Waals surface area contributed by atoms with Crippen LogP contribution in [-0.4, -0.2) is 40.7 Å². The summed E-state index contributed by atoms with van der Waals surface area (Å²) in [5.41, 5.74) is 0.557. The molecule has 2 heterocycles. The number of hydrogen-bond acceptors (Lipinski definition) is 5. The molecule has 5 heteroatoms. The SMILES string of the molecule is Cc1nnc(NC2(CO)CCOCC2)c2ccccc12. The van der Waals surface area contributed by atoms with Gasteiger partial charge in [0.25, 0.3) is 0 Å². The van der Waals surface area contributed by atoms with E-state index in [1.807, 2.05) is 31.2 Å². The van der Waals surface area contributed by atoms with Crippen LogP contribution in [0, 0.1) is 6.92 Å². The van der Waals surface area contributed by atoms with Crippen molar-refractivity contribution in [2.45, 2.75) is 25.3 Å². The molecule has 0 aliphatic carbocycles. The Morgan fingerprint density at radius 3 is 2.60 bits per heavy atom. The highest BCUT2D eigenvalue weighted by Gasteiger charge is 2.32. The van der Waals surface area contributed by atoms with E-state index in [2.05, 4.69) is 15.5 Å². The van der Waals surface area contributed by atoms with E-state index >= 15 is 0 Å². The molecule has 1 aliphatic rings. The molecule has 0 amide bonds. The van der Waals surface area contributed by atoms with Gasteiger partial charge in [-0.05, 0) is 19.8 Å². The van der Waals surface area contributed by atoms with Crippen LogP contribution in [-0.2, 0) is 4.74 Å². The Labute approximate surface area is 118 Å². The van der Waals surface area contributed by atoms with Crippen LogP contribution in [0.5, 0.6) is 0 Å². The summed E-state index contributed by atoms with van der Waals surface area (Å²) >= 11 is 0.